The fourth-order valence-corrected chi connectivity index (χ4v) is 4.64. The summed E-state index contributed by atoms with van der Waals surface area (Å²) in [7, 11) is 0. The van der Waals surface area contributed by atoms with Gasteiger partial charge < -0.3 is 5.32 Å². The zero-order valence-electron chi connectivity index (χ0n) is 16.7. The number of nitrogens with one attached hydrogen (secondary N) is 1. The SMILES string of the molecule is Cc1cc(C)n(-c2nc3cc(C)c(NC(=O)Cc4ccc(Cl)cc4)c(C)c3s2)n1. The van der Waals surface area contributed by atoms with Gasteiger partial charge in [-0.15, -0.1) is 0 Å². The Morgan fingerprint density at radius 1 is 1.14 bits per heavy atom. The van der Waals surface area contributed by atoms with Gasteiger partial charge in [-0.05, 0) is 68.7 Å². The molecule has 0 aliphatic carbocycles. The number of rotatable bonds is 4. The second-order valence-corrected chi connectivity index (χ2v) is 8.64. The van der Waals surface area contributed by atoms with Gasteiger partial charge >= 0.3 is 0 Å². The molecule has 2 aromatic heterocycles. The van der Waals surface area contributed by atoms with Crippen LogP contribution in [0.1, 0.15) is 28.1 Å². The summed E-state index contributed by atoms with van der Waals surface area (Å²) >= 11 is 7.50. The molecule has 0 atom stereocenters. The molecule has 4 rings (SSSR count). The van der Waals surface area contributed by atoms with Gasteiger partial charge in [0.15, 0.2) is 0 Å². The monoisotopic (exact) mass is 424 g/mol. The maximum absolute atomic E-state index is 12.6. The average molecular weight is 425 g/mol. The highest BCUT2D eigenvalue weighted by atomic mass is 35.5. The van der Waals surface area contributed by atoms with Crippen molar-refractivity contribution in [3.8, 4) is 5.13 Å². The first-order valence-corrected chi connectivity index (χ1v) is 10.5. The van der Waals surface area contributed by atoms with E-state index in [0.717, 1.165) is 49.1 Å². The fraction of sp³-hybridized carbons (Fsp3) is 0.227. The van der Waals surface area contributed by atoms with Gasteiger partial charge in [0.25, 0.3) is 0 Å². The molecule has 0 aliphatic heterocycles. The highest BCUT2D eigenvalue weighted by Crippen LogP contribution is 2.34. The number of halogens is 1. The zero-order chi connectivity index (χ0) is 20.7. The quantitative estimate of drug-likeness (QED) is 0.467. The lowest BCUT2D eigenvalue weighted by molar-refractivity contribution is -0.115. The molecular formula is C22H21ClN4OS. The molecule has 0 saturated carbocycles. The highest BCUT2D eigenvalue weighted by Gasteiger charge is 2.16. The van der Waals surface area contributed by atoms with E-state index in [4.69, 9.17) is 16.6 Å². The number of fused-ring (bicyclic) bond motifs is 1. The molecule has 0 aliphatic rings. The number of amides is 1. The van der Waals surface area contributed by atoms with Crippen LogP contribution in [-0.2, 0) is 11.2 Å². The van der Waals surface area contributed by atoms with Crippen LogP contribution in [0.4, 0.5) is 5.69 Å². The van der Waals surface area contributed by atoms with Crippen molar-refractivity contribution in [2.24, 2.45) is 0 Å². The normalized spacial score (nSPS) is 11.2. The zero-order valence-corrected chi connectivity index (χ0v) is 18.3. The van der Waals surface area contributed by atoms with E-state index in [1.165, 1.54) is 0 Å². The molecule has 0 radical (unpaired) electrons. The van der Waals surface area contributed by atoms with Crippen molar-refractivity contribution >= 4 is 44.7 Å². The molecule has 5 nitrogen and oxygen atoms in total. The molecule has 1 amide bonds. The Hall–Kier alpha value is -2.70. The van der Waals surface area contributed by atoms with Gasteiger partial charge in [0.2, 0.25) is 11.0 Å². The number of benzene rings is 2. The summed E-state index contributed by atoms with van der Waals surface area (Å²) < 4.78 is 2.92. The van der Waals surface area contributed by atoms with Crippen LogP contribution in [0.25, 0.3) is 15.3 Å². The van der Waals surface area contributed by atoms with E-state index in [9.17, 15) is 4.79 Å². The van der Waals surface area contributed by atoms with E-state index in [0.29, 0.717) is 11.4 Å². The number of anilines is 1. The Balaban J connectivity index is 1.65. The topological polar surface area (TPSA) is 59.8 Å². The molecule has 148 valence electrons. The van der Waals surface area contributed by atoms with Crippen molar-refractivity contribution in [1.29, 1.82) is 0 Å². The predicted octanol–water partition coefficient (Wildman–Crippen LogP) is 5.55. The minimum atomic E-state index is -0.0545. The van der Waals surface area contributed by atoms with E-state index in [1.807, 2.05) is 56.6 Å². The Labute approximate surface area is 178 Å². The van der Waals surface area contributed by atoms with Gasteiger partial charge in [0.05, 0.1) is 22.3 Å². The number of carbonyl (C=O) groups excluding carboxylic acids is 1. The van der Waals surface area contributed by atoms with Crippen LogP contribution in [0.3, 0.4) is 0 Å². The summed E-state index contributed by atoms with van der Waals surface area (Å²) in [6.45, 7) is 8.01. The van der Waals surface area contributed by atoms with Crippen LogP contribution in [0.15, 0.2) is 36.4 Å². The van der Waals surface area contributed by atoms with Crippen LogP contribution in [-0.4, -0.2) is 20.7 Å². The molecule has 0 saturated heterocycles. The fourth-order valence-electron chi connectivity index (χ4n) is 3.45. The third kappa shape index (κ3) is 3.91. The van der Waals surface area contributed by atoms with Gasteiger partial charge in [-0.25, -0.2) is 9.67 Å². The lowest BCUT2D eigenvalue weighted by atomic mass is 10.1. The second-order valence-electron chi connectivity index (χ2n) is 7.23. The number of nitrogens with zero attached hydrogens (tertiary/aromatic N) is 3. The molecule has 2 aromatic carbocycles. The van der Waals surface area contributed by atoms with Crippen molar-refractivity contribution in [1.82, 2.24) is 14.8 Å². The van der Waals surface area contributed by atoms with Crippen molar-refractivity contribution in [3.05, 3.63) is 69.5 Å². The number of hydrogen-bond donors (Lipinski definition) is 1. The largest absolute Gasteiger partial charge is 0.325 e. The standard InChI is InChI=1S/C22H21ClN4OS/c1-12-9-18-21(29-22(24-18)27-14(3)10-13(2)26-27)15(4)20(12)25-19(28)11-16-5-7-17(23)8-6-16/h5-10H,11H2,1-4H3,(H,25,28). The highest BCUT2D eigenvalue weighted by molar-refractivity contribution is 7.21. The first-order valence-electron chi connectivity index (χ1n) is 9.30. The van der Waals surface area contributed by atoms with Gasteiger partial charge in [-0.1, -0.05) is 35.1 Å². The van der Waals surface area contributed by atoms with E-state index in [-0.39, 0.29) is 5.91 Å². The van der Waals surface area contributed by atoms with E-state index in [2.05, 4.69) is 10.4 Å². The Morgan fingerprint density at radius 3 is 2.52 bits per heavy atom. The molecule has 0 fully saturated rings. The molecule has 1 N–H and O–H groups in total. The third-order valence-electron chi connectivity index (χ3n) is 4.84. The molecule has 4 aromatic rings. The van der Waals surface area contributed by atoms with Crippen LogP contribution < -0.4 is 5.32 Å². The van der Waals surface area contributed by atoms with Gasteiger partial charge in [-0.3, -0.25) is 4.79 Å². The van der Waals surface area contributed by atoms with Crippen molar-refractivity contribution in [2.45, 2.75) is 34.1 Å². The maximum Gasteiger partial charge on any atom is 0.228 e. The number of thiazole rings is 1. The minimum absolute atomic E-state index is 0.0545. The molecule has 7 heteroatoms. The van der Waals surface area contributed by atoms with Gasteiger partial charge in [0, 0.05) is 16.4 Å². The summed E-state index contributed by atoms with van der Waals surface area (Å²) in [5.41, 5.74) is 6.72. The smallest absolute Gasteiger partial charge is 0.228 e. The van der Waals surface area contributed by atoms with Crippen molar-refractivity contribution in [3.63, 3.8) is 0 Å². The number of aromatic nitrogens is 3. The summed E-state index contributed by atoms with van der Waals surface area (Å²) in [5, 5.41) is 9.11. The van der Waals surface area contributed by atoms with Crippen molar-refractivity contribution < 1.29 is 4.79 Å². The lowest BCUT2D eigenvalue weighted by Gasteiger charge is -2.12. The lowest BCUT2D eigenvalue weighted by Crippen LogP contribution is -2.16. The summed E-state index contributed by atoms with van der Waals surface area (Å²) in [6, 6.07) is 11.4. The van der Waals surface area contributed by atoms with E-state index >= 15 is 0 Å². The summed E-state index contributed by atoms with van der Waals surface area (Å²) in [4.78, 5) is 17.4. The molecular weight excluding hydrogens is 404 g/mol. The van der Waals surface area contributed by atoms with Gasteiger partial charge in [-0.2, -0.15) is 5.10 Å². The van der Waals surface area contributed by atoms with Crippen LogP contribution in [0, 0.1) is 27.7 Å². The van der Waals surface area contributed by atoms with Crippen LogP contribution in [0.2, 0.25) is 5.02 Å². The number of carbonyl (C=O) groups is 1. The Morgan fingerprint density at radius 2 is 1.86 bits per heavy atom. The first-order chi connectivity index (χ1) is 13.8. The first kappa shape index (κ1) is 19.6. The molecule has 0 spiro atoms. The number of aryl methyl sites for hydroxylation is 4. The van der Waals surface area contributed by atoms with E-state index in [1.54, 1.807) is 23.5 Å². The second kappa shape index (κ2) is 7.61. The summed E-state index contributed by atoms with van der Waals surface area (Å²) in [5.74, 6) is -0.0545. The maximum atomic E-state index is 12.6. The minimum Gasteiger partial charge on any atom is -0.325 e. The predicted molar refractivity (Wildman–Crippen MR) is 119 cm³/mol. The van der Waals surface area contributed by atoms with Crippen LogP contribution in [0.5, 0.6) is 0 Å². The Bertz CT molecular complexity index is 1220. The average Bonchev–Trinajstić information content (AvgIpc) is 3.23. The molecule has 29 heavy (non-hydrogen) atoms. The molecule has 0 unspecified atom stereocenters. The molecule has 0 bridgehead atoms. The molecule has 2 heterocycles. The van der Waals surface area contributed by atoms with E-state index < -0.39 is 0 Å². The summed E-state index contributed by atoms with van der Waals surface area (Å²) in [6.07, 6.45) is 0.299. The number of hydrogen-bond acceptors (Lipinski definition) is 4. The van der Waals surface area contributed by atoms with Crippen molar-refractivity contribution in [2.75, 3.05) is 5.32 Å². The van der Waals surface area contributed by atoms with Gasteiger partial charge in [0.1, 0.15) is 0 Å². The third-order valence-corrected chi connectivity index (χ3v) is 6.26. The Kier molecular flexibility index (Phi) is 5.15. The van der Waals surface area contributed by atoms with Crippen LogP contribution >= 0.6 is 22.9 Å².